The summed E-state index contributed by atoms with van der Waals surface area (Å²) in [5.74, 6) is 0.420. The molecule has 0 radical (unpaired) electrons. The van der Waals surface area contributed by atoms with Crippen molar-refractivity contribution in [2.45, 2.75) is 96.1 Å². The predicted octanol–water partition coefficient (Wildman–Crippen LogP) is 3.87. The molecule has 2 heterocycles. The fraction of sp³-hybridized carbons (Fsp3) is 0.944. The molecule has 3 heteroatoms. The first-order chi connectivity index (χ1) is 10.3. The van der Waals surface area contributed by atoms with Crippen molar-refractivity contribution in [1.82, 2.24) is 10.2 Å². The molecule has 2 rings (SSSR count). The van der Waals surface area contributed by atoms with Crippen molar-refractivity contribution in [3.8, 4) is 0 Å². The highest BCUT2D eigenvalue weighted by Crippen LogP contribution is 2.25. The summed E-state index contributed by atoms with van der Waals surface area (Å²) in [7, 11) is 0. The fourth-order valence-corrected chi connectivity index (χ4v) is 3.93. The smallest absolute Gasteiger partial charge is 0.222 e. The Morgan fingerprint density at radius 1 is 1.05 bits per heavy atom. The van der Waals surface area contributed by atoms with Gasteiger partial charge in [-0.25, -0.2) is 0 Å². The Bertz CT molecular complexity index is 300. The number of amides is 1. The molecule has 0 aliphatic carbocycles. The van der Waals surface area contributed by atoms with E-state index in [1.807, 2.05) is 0 Å². The van der Waals surface area contributed by atoms with Crippen molar-refractivity contribution in [2.75, 3.05) is 13.1 Å². The van der Waals surface area contributed by atoms with Gasteiger partial charge in [-0.05, 0) is 45.1 Å². The van der Waals surface area contributed by atoms with E-state index >= 15 is 0 Å². The van der Waals surface area contributed by atoms with Crippen LogP contribution in [0.15, 0.2) is 0 Å². The van der Waals surface area contributed by atoms with Gasteiger partial charge in [0, 0.05) is 25.0 Å². The topological polar surface area (TPSA) is 32.3 Å². The van der Waals surface area contributed by atoms with E-state index in [0.717, 1.165) is 25.9 Å². The van der Waals surface area contributed by atoms with Crippen LogP contribution in [-0.2, 0) is 4.79 Å². The van der Waals surface area contributed by atoms with Crippen LogP contribution < -0.4 is 5.32 Å². The highest BCUT2D eigenvalue weighted by Gasteiger charge is 2.33. The summed E-state index contributed by atoms with van der Waals surface area (Å²) in [5, 5.41) is 3.61. The molecule has 1 amide bonds. The summed E-state index contributed by atoms with van der Waals surface area (Å²) >= 11 is 0. The maximum absolute atomic E-state index is 12.6. The third-order valence-electron chi connectivity index (χ3n) is 5.18. The molecule has 2 unspecified atom stereocenters. The molecule has 2 saturated heterocycles. The second kappa shape index (κ2) is 9.45. The molecule has 0 saturated carbocycles. The van der Waals surface area contributed by atoms with Crippen molar-refractivity contribution >= 4 is 5.91 Å². The van der Waals surface area contributed by atoms with Gasteiger partial charge in [-0.1, -0.05) is 39.0 Å². The van der Waals surface area contributed by atoms with Crippen molar-refractivity contribution in [3.05, 3.63) is 0 Å². The summed E-state index contributed by atoms with van der Waals surface area (Å²) in [6, 6.07) is 1.05. The van der Waals surface area contributed by atoms with Gasteiger partial charge in [-0.2, -0.15) is 0 Å². The fourth-order valence-electron chi connectivity index (χ4n) is 3.93. The molecule has 2 fully saturated rings. The number of carbonyl (C=O) groups excluding carboxylic acids is 1. The Morgan fingerprint density at radius 3 is 2.62 bits per heavy atom. The molecule has 2 aliphatic heterocycles. The van der Waals surface area contributed by atoms with Gasteiger partial charge >= 0.3 is 0 Å². The van der Waals surface area contributed by atoms with Crippen LogP contribution in [0.3, 0.4) is 0 Å². The molecule has 1 N–H and O–H groups in total. The number of unbranched alkanes of at least 4 members (excludes halogenated alkanes) is 5. The van der Waals surface area contributed by atoms with Gasteiger partial charge in [0.05, 0.1) is 0 Å². The Kier molecular flexibility index (Phi) is 7.56. The van der Waals surface area contributed by atoms with Crippen molar-refractivity contribution in [2.24, 2.45) is 0 Å². The van der Waals surface area contributed by atoms with E-state index in [2.05, 4.69) is 17.1 Å². The van der Waals surface area contributed by atoms with Crippen LogP contribution in [0.5, 0.6) is 0 Å². The first kappa shape index (κ1) is 16.8. The number of hydrogen-bond donors (Lipinski definition) is 1. The highest BCUT2D eigenvalue weighted by molar-refractivity contribution is 5.76. The molecule has 21 heavy (non-hydrogen) atoms. The molecular weight excluding hydrogens is 260 g/mol. The predicted molar refractivity (Wildman–Crippen MR) is 88.4 cm³/mol. The van der Waals surface area contributed by atoms with Crippen LogP contribution in [0, 0.1) is 0 Å². The van der Waals surface area contributed by atoms with Gasteiger partial charge < -0.3 is 10.2 Å². The first-order valence-corrected chi connectivity index (χ1v) is 9.35. The number of hydrogen-bond acceptors (Lipinski definition) is 2. The molecule has 0 aromatic heterocycles. The van der Waals surface area contributed by atoms with E-state index in [4.69, 9.17) is 0 Å². The Hall–Kier alpha value is -0.570. The maximum Gasteiger partial charge on any atom is 0.222 e. The van der Waals surface area contributed by atoms with Gasteiger partial charge in [0.15, 0.2) is 0 Å². The van der Waals surface area contributed by atoms with Crippen LogP contribution in [0.25, 0.3) is 0 Å². The minimum Gasteiger partial charge on any atom is -0.338 e. The molecule has 0 aromatic rings. The summed E-state index contributed by atoms with van der Waals surface area (Å²) in [6.07, 6.45) is 14.6. The van der Waals surface area contributed by atoms with Gasteiger partial charge in [0.2, 0.25) is 5.91 Å². The van der Waals surface area contributed by atoms with Crippen LogP contribution in [0.1, 0.15) is 84.0 Å². The second-order valence-electron chi connectivity index (χ2n) is 6.87. The van der Waals surface area contributed by atoms with Crippen LogP contribution in [0.4, 0.5) is 0 Å². The number of piperidine rings is 1. The van der Waals surface area contributed by atoms with E-state index in [1.54, 1.807) is 0 Å². The Morgan fingerprint density at radius 2 is 1.86 bits per heavy atom. The Labute approximate surface area is 130 Å². The standard InChI is InChI=1S/C18H34N2O/c1-2-3-4-5-6-7-13-18(21)20-15-9-8-12-17(20)16-11-10-14-19-16/h16-17,19H,2-15H2,1H3. The molecule has 122 valence electrons. The number of likely N-dealkylation sites (tertiary alicyclic amines) is 1. The van der Waals surface area contributed by atoms with Crippen LogP contribution >= 0.6 is 0 Å². The zero-order valence-corrected chi connectivity index (χ0v) is 13.9. The zero-order chi connectivity index (χ0) is 14.9. The summed E-state index contributed by atoms with van der Waals surface area (Å²) in [5.41, 5.74) is 0. The number of carbonyl (C=O) groups is 1. The Balaban J connectivity index is 1.71. The SMILES string of the molecule is CCCCCCCCC(=O)N1CCCCC1C1CCCN1. The minimum atomic E-state index is 0.420. The third kappa shape index (κ3) is 5.28. The summed E-state index contributed by atoms with van der Waals surface area (Å²) < 4.78 is 0. The monoisotopic (exact) mass is 294 g/mol. The van der Waals surface area contributed by atoms with E-state index in [1.165, 1.54) is 64.2 Å². The average Bonchev–Trinajstić information content (AvgIpc) is 3.05. The first-order valence-electron chi connectivity index (χ1n) is 9.35. The number of nitrogens with zero attached hydrogens (tertiary/aromatic N) is 1. The van der Waals surface area contributed by atoms with Gasteiger partial charge in [-0.3, -0.25) is 4.79 Å². The van der Waals surface area contributed by atoms with E-state index < -0.39 is 0 Å². The van der Waals surface area contributed by atoms with Crippen molar-refractivity contribution in [1.29, 1.82) is 0 Å². The van der Waals surface area contributed by atoms with Crippen LogP contribution in [-0.4, -0.2) is 36.0 Å². The summed E-state index contributed by atoms with van der Waals surface area (Å²) in [4.78, 5) is 14.8. The molecule has 0 spiro atoms. The van der Waals surface area contributed by atoms with Crippen LogP contribution in [0.2, 0.25) is 0 Å². The zero-order valence-electron chi connectivity index (χ0n) is 13.9. The lowest BCUT2D eigenvalue weighted by Crippen LogP contribution is -2.52. The highest BCUT2D eigenvalue weighted by atomic mass is 16.2. The molecular formula is C18H34N2O. The van der Waals surface area contributed by atoms with Crippen molar-refractivity contribution < 1.29 is 4.79 Å². The van der Waals surface area contributed by atoms with Gasteiger partial charge in [0.25, 0.3) is 0 Å². The molecule has 2 aliphatic rings. The van der Waals surface area contributed by atoms with E-state index in [-0.39, 0.29) is 0 Å². The average molecular weight is 294 g/mol. The second-order valence-corrected chi connectivity index (χ2v) is 6.87. The molecule has 0 aromatic carbocycles. The number of rotatable bonds is 8. The largest absolute Gasteiger partial charge is 0.338 e. The van der Waals surface area contributed by atoms with E-state index in [9.17, 15) is 4.79 Å². The number of nitrogens with one attached hydrogen (secondary N) is 1. The van der Waals surface area contributed by atoms with Gasteiger partial charge in [-0.15, -0.1) is 0 Å². The maximum atomic E-state index is 12.6. The lowest BCUT2D eigenvalue weighted by Gasteiger charge is -2.39. The molecule has 3 nitrogen and oxygen atoms in total. The quantitative estimate of drug-likeness (QED) is 0.689. The summed E-state index contributed by atoms with van der Waals surface area (Å²) in [6.45, 7) is 4.38. The van der Waals surface area contributed by atoms with E-state index in [0.29, 0.717) is 18.0 Å². The molecule has 2 atom stereocenters. The van der Waals surface area contributed by atoms with Gasteiger partial charge in [0.1, 0.15) is 0 Å². The normalized spacial score (nSPS) is 26.2. The van der Waals surface area contributed by atoms with Crippen molar-refractivity contribution in [3.63, 3.8) is 0 Å². The molecule has 0 bridgehead atoms. The lowest BCUT2D eigenvalue weighted by atomic mass is 9.94. The minimum absolute atomic E-state index is 0.420. The lowest BCUT2D eigenvalue weighted by molar-refractivity contribution is -0.135. The third-order valence-corrected chi connectivity index (χ3v) is 5.18.